The first kappa shape index (κ1) is 27.4. The molecule has 0 unspecified atom stereocenters. The maximum Gasteiger partial charge on any atom is 0.317 e. The van der Waals surface area contributed by atoms with Gasteiger partial charge in [-0.1, -0.05) is 12.1 Å². The van der Waals surface area contributed by atoms with Gasteiger partial charge in [0, 0.05) is 82.0 Å². The number of amides is 2. The Morgan fingerprint density at radius 1 is 1.03 bits per heavy atom. The van der Waals surface area contributed by atoms with Crippen LogP contribution in [0.1, 0.15) is 46.1 Å². The number of halogens is 1. The van der Waals surface area contributed by atoms with Crippen molar-refractivity contribution in [2.24, 2.45) is 0 Å². The number of piperidine rings is 1. The molecule has 8 nitrogen and oxygen atoms in total. The lowest BCUT2D eigenvalue weighted by Crippen LogP contribution is -2.53. The summed E-state index contributed by atoms with van der Waals surface area (Å²) in [6.07, 6.45) is 5.35. The van der Waals surface area contributed by atoms with Gasteiger partial charge in [-0.3, -0.25) is 0 Å². The molecular formula is C30H41FN6O2. The zero-order valence-electron chi connectivity index (χ0n) is 23.8. The smallest absolute Gasteiger partial charge is 0.317 e. The Balaban J connectivity index is 1.36. The molecule has 39 heavy (non-hydrogen) atoms. The fourth-order valence-electron chi connectivity index (χ4n) is 5.95. The molecule has 2 aliphatic rings. The number of fused-ring (bicyclic) bond motifs is 1. The van der Waals surface area contributed by atoms with Crippen LogP contribution < -0.4 is 10.2 Å². The van der Waals surface area contributed by atoms with E-state index < -0.39 is 5.60 Å². The van der Waals surface area contributed by atoms with E-state index in [9.17, 15) is 4.79 Å². The zero-order chi connectivity index (χ0) is 27.7. The number of ether oxygens (including phenoxy) is 1. The van der Waals surface area contributed by atoms with E-state index in [-0.39, 0.29) is 17.9 Å². The summed E-state index contributed by atoms with van der Waals surface area (Å²) in [5, 5.41) is 7.46. The lowest BCUT2D eigenvalue weighted by atomic mass is 9.83. The highest BCUT2D eigenvalue weighted by molar-refractivity contribution is 5.80. The fourth-order valence-corrected chi connectivity index (χ4v) is 5.95. The van der Waals surface area contributed by atoms with Crippen molar-refractivity contribution in [1.82, 2.24) is 24.7 Å². The van der Waals surface area contributed by atoms with E-state index in [1.165, 1.54) is 0 Å². The van der Waals surface area contributed by atoms with Gasteiger partial charge in [-0.25, -0.2) is 13.7 Å². The Morgan fingerprint density at radius 3 is 2.36 bits per heavy atom. The van der Waals surface area contributed by atoms with E-state index in [4.69, 9.17) is 4.74 Å². The molecule has 210 valence electrons. The molecule has 1 aromatic carbocycles. The van der Waals surface area contributed by atoms with E-state index >= 15 is 4.39 Å². The highest BCUT2D eigenvalue weighted by Crippen LogP contribution is 2.39. The molecule has 4 heterocycles. The number of carbonyl (C=O) groups is 1. The number of piperazine rings is 1. The number of methoxy groups -OCH3 is 1. The van der Waals surface area contributed by atoms with Crippen LogP contribution in [0.3, 0.4) is 0 Å². The van der Waals surface area contributed by atoms with E-state index in [0.717, 1.165) is 61.4 Å². The van der Waals surface area contributed by atoms with Gasteiger partial charge in [0.1, 0.15) is 5.82 Å². The lowest BCUT2D eigenvalue weighted by Gasteiger charge is -2.42. The van der Waals surface area contributed by atoms with Crippen LogP contribution in [-0.4, -0.2) is 83.9 Å². The van der Waals surface area contributed by atoms with Crippen molar-refractivity contribution in [3.05, 3.63) is 54.1 Å². The second-order valence-electron chi connectivity index (χ2n) is 11.4. The van der Waals surface area contributed by atoms with Gasteiger partial charge in [0.15, 0.2) is 0 Å². The molecule has 2 aromatic heterocycles. The van der Waals surface area contributed by atoms with Crippen LogP contribution in [0.25, 0.3) is 16.6 Å². The normalized spacial score (nSPS) is 18.4. The molecule has 2 aliphatic heterocycles. The predicted octanol–water partition coefficient (Wildman–Crippen LogP) is 4.73. The average molecular weight is 537 g/mol. The van der Waals surface area contributed by atoms with Gasteiger partial charge >= 0.3 is 6.03 Å². The SMILES string of the molecule is COC1(c2ccc(-c3cc4c(N5CCN(C(=O)NC(C)C)CC5)ccnn4c3)c(F)c2)CCN(C(C)C)CC1. The molecule has 2 fully saturated rings. The van der Waals surface area contributed by atoms with Gasteiger partial charge in [-0.05, 0) is 64.3 Å². The maximum atomic E-state index is 15.6. The summed E-state index contributed by atoms with van der Waals surface area (Å²) in [5.74, 6) is -0.252. The number of aromatic nitrogens is 2. The monoisotopic (exact) mass is 536 g/mol. The van der Waals surface area contributed by atoms with Gasteiger partial charge in [0.05, 0.1) is 16.8 Å². The molecule has 0 saturated carbocycles. The summed E-state index contributed by atoms with van der Waals surface area (Å²) in [6, 6.07) is 10.1. The van der Waals surface area contributed by atoms with Gasteiger partial charge in [-0.2, -0.15) is 5.10 Å². The first-order valence-corrected chi connectivity index (χ1v) is 14.1. The molecule has 0 radical (unpaired) electrons. The first-order chi connectivity index (χ1) is 18.7. The minimum absolute atomic E-state index is 0.0193. The predicted molar refractivity (Wildman–Crippen MR) is 153 cm³/mol. The van der Waals surface area contributed by atoms with Crippen LogP contribution >= 0.6 is 0 Å². The number of nitrogens with one attached hydrogen (secondary N) is 1. The van der Waals surface area contributed by atoms with Crippen LogP contribution in [0.5, 0.6) is 0 Å². The minimum atomic E-state index is -0.459. The molecule has 0 spiro atoms. The van der Waals surface area contributed by atoms with Crippen molar-refractivity contribution < 1.29 is 13.9 Å². The van der Waals surface area contributed by atoms with Crippen LogP contribution in [0.2, 0.25) is 0 Å². The molecule has 5 rings (SSSR count). The van der Waals surface area contributed by atoms with Crippen LogP contribution in [0.4, 0.5) is 14.9 Å². The lowest BCUT2D eigenvalue weighted by molar-refractivity contribution is -0.0671. The molecular weight excluding hydrogens is 495 g/mol. The Bertz CT molecular complexity index is 1310. The van der Waals surface area contributed by atoms with Gasteiger partial charge in [0.25, 0.3) is 0 Å². The number of benzene rings is 1. The van der Waals surface area contributed by atoms with Crippen molar-refractivity contribution in [2.75, 3.05) is 51.3 Å². The third-order valence-electron chi connectivity index (χ3n) is 8.34. The molecule has 1 N–H and O–H groups in total. The van der Waals surface area contributed by atoms with Crippen LogP contribution in [0, 0.1) is 5.82 Å². The van der Waals surface area contributed by atoms with Gasteiger partial charge in [-0.15, -0.1) is 0 Å². The number of carbonyl (C=O) groups excluding carboxylic acids is 1. The average Bonchev–Trinajstić information content (AvgIpc) is 3.37. The van der Waals surface area contributed by atoms with E-state index in [1.54, 1.807) is 19.4 Å². The second kappa shape index (κ2) is 11.1. The molecule has 9 heteroatoms. The maximum absolute atomic E-state index is 15.6. The molecule has 0 aliphatic carbocycles. The Morgan fingerprint density at radius 2 is 1.74 bits per heavy atom. The topological polar surface area (TPSA) is 65.3 Å². The standard InChI is InChI=1S/C30H41FN6O2/c1-21(2)33-29(38)36-16-14-35(15-17-36)27-8-11-32-37-20-23(18-28(27)37)25-7-6-24(19-26(25)31)30(39-5)9-12-34(13-10-30)22(3)4/h6-8,11,18-22H,9-10,12-17H2,1-5H3,(H,33,38). The van der Waals surface area contributed by atoms with Crippen molar-refractivity contribution in [1.29, 1.82) is 0 Å². The van der Waals surface area contributed by atoms with E-state index in [2.05, 4.69) is 34.1 Å². The van der Waals surface area contributed by atoms with E-state index in [0.29, 0.717) is 24.7 Å². The second-order valence-corrected chi connectivity index (χ2v) is 11.4. The van der Waals surface area contributed by atoms with Crippen molar-refractivity contribution in [2.45, 2.75) is 58.2 Å². The number of nitrogens with zero attached hydrogens (tertiary/aromatic N) is 5. The Labute approximate surface area is 230 Å². The molecule has 2 saturated heterocycles. The van der Waals surface area contributed by atoms with Crippen LogP contribution in [0.15, 0.2) is 42.7 Å². The fraction of sp³-hybridized carbons (Fsp3) is 0.533. The van der Waals surface area contributed by atoms with Gasteiger partial charge < -0.3 is 24.8 Å². The number of urea groups is 1. The van der Waals surface area contributed by atoms with Crippen LogP contribution in [-0.2, 0) is 10.3 Å². The molecule has 0 bridgehead atoms. The molecule has 2 amide bonds. The van der Waals surface area contributed by atoms with E-state index in [1.807, 2.05) is 53.7 Å². The summed E-state index contributed by atoms with van der Waals surface area (Å²) in [5.41, 5.74) is 3.74. The van der Waals surface area contributed by atoms with Gasteiger partial charge in [0.2, 0.25) is 0 Å². The summed E-state index contributed by atoms with van der Waals surface area (Å²) in [6.45, 7) is 13.0. The largest absolute Gasteiger partial charge is 0.373 e. The number of likely N-dealkylation sites (tertiary alicyclic amines) is 1. The Hall–Kier alpha value is -3.17. The minimum Gasteiger partial charge on any atom is -0.373 e. The van der Waals surface area contributed by atoms with Crippen molar-refractivity contribution in [3.63, 3.8) is 0 Å². The molecule has 3 aromatic rings. The number of rotatable bonds is 6. The number of anilines is 1. The third kappa shape index (κ3) is 5.47. The summed E-state index contributed by atoms with van der Waals surface area (Å²) in [4.78, 5) is 19.0. The zero-order valence-corrected chi connectivity index (χ0v) is 23.8. The van der Waals surface area contributed by atoms with Crippen molar-refractivity contribution in [3.8, 4) is 11.1 Å². The molecule has 0 atom stereocenters. The summed E-state index contributed by atoms with van der Waals surface area (Å²) < 4.78 is 23.5. The number of hydrogen-bond acceptors (Lipinski definition) is 5. The summed E-state index contributed by atoms with van der Waals surface area (Å²) >= 11 is 0. The first-order valence-electron chi connectivity index (χ1n) is 14.1. The highest BCUT2D eigenvalue weighted by Gasteiger charge is 2.37. The quantitative estimate of drug-likeness (QED) is 0.494. The summed E-state index contributed by atoms with van der Waals surface area (Å²) in [7, 11) is 1.74. The number of hydrogen-bond donors (Lipinski definition) is 1. The Kier molecular flexibility index (Phi) is 7.82. The van der Waals surface area contributed by atoms with Crippen molar-refractivity contribution >= 4 is 17.2 Å². The highest BCUT2D eigenvalue weighted by atomic mass is 19.1. The third-order valence-corrected chi connectivity index (χ3v) is 8.34.